The summed E-state index contributed by atoms with van der Waals surface area (Å²) in [6.07, 6.45) is 8.88. The van der Waals surface area contributed by atoms with E-state index >= 15 is 0 Å². The van der Waals surface area contributed by atoms with Crippen molar-refractivity contribution in [2.45, 2.75) is 43.4 Å². The van der Waals surface area contributed by atoms with Crippen molar-refractivity contribution in [1.82, 2.24) is 0 Å². The Morgan fingerprint density at radius 2 is 1.50 bits per heavy atom. The lowest BCUT2D eigenvalue weighted by Gasteiger charge is -2.58. The van der Waals surface area contributed by atoms with Crippen molar-refractivity contribution >= 4 is 15.9 Å². The highest BCUT2D eigenvalue weighted by molar-refractivity contribution is 9.09. The van der Waals surface area contributed by atoms with Crippen molar-refractivity contribution in [1.29, 1.82) is 0 Å². The first-order chi connectivity index (χ1) is 9.68. The molecule has 1 aromatic rings. The van der Waals surface area contributed by atoms with Crippen molar-refractivity contribution in [3.05, 3.63) is 29.8 Å². The predicted octanol–water partition coefficient (Wildman–Crippen LogP) is 5.35. The fraction of sp³-hybridized carbons (Fsp3) is 0.667. The van der Waals surface area contributed by atoms with Crippen molar-refractivity contribution < 1.29 is 4.74 Å². The van der Waals surface area contributed by atoms with Crippen LogP contribution in [0, 0.1) is 23.2 Å². The maximum atomic E-state index is 5.28. The Balaban J connectivity index is 1.62. The number of halogens is 1. The van der Waals surface area contributed by atoms with E-state index in [0.717, 1.165) is 23.5 Å². The summed E-state index contributed by atoms with van der Waals surface area (Å²) in [5.74, 6) is 4.00. The normalized spacial score (nSPS) is 39.8. The fourth-order valence-corrected chi connectivity index (χ4v) is 6.48. The third kappa shape index (κ3) is 2.03. The number of methoxy groups -OCH3 is 1. The topological polar surface area (TPSA) is 9.23 Å². The Morgan fingerprint density at radius 3 is 1.95 bits per heavy atom. The van der Waals surface area contributed by atoms with E-state index in [9.17, 15) is 0 Å². The number of alkyl halides is 1. The van der Waals surface area contributed by atoms with E-state index in [1.807, 2.05) is 0 Å². The summed E-state index contributed by atoms with van der Waals surface area (Å²) < 4.78 is 5.28. The number of ether oxygens (including phenoxy) is 1. The molecule has 108 valence electrons. The molecule has 0 aliphatic heterocycles. The lowest BCUT2D eigenvalue weighted by Crippen LogP contribution is -2.47. The van der Waals surface area contributed by atoms with E-state index in [2.05, 4.69) is 40.2 Å². The largest absolute Gasteiger partial charge is 0.497 e. The molecular formula is C18H23BrO. The summed E-state index contributed by atoms with van der Waals surface area (Å²) in [5, 5.41) is 0. The van der Waals surface area contributed by atoms with Gasteiger partial charge in [0, 0.05) is 4.83 Å². The molecule has 0 spiro atoms. The van der Waals surface area contributed by atoms with Gasteiger partial charge in [-0.1, -0.05) is 28.1 Å². The molecule has 4 fully saturated rings. The zero-order valence-corrected chi connectivity index (χ0v) is 13.7. The minimum Gasteiger partial charge on any atom is -0.497 e. The van der Waals surface area contributed by atoms with E-state index in [4.69, 9.17) is 4.74 Å². The van der Waals surface area contributed by atoms with Crippen LogP contribution in [0.1, 0.15) is 48.9 Å². The quantitative estimate of drug-likeness (QED) is 0.677. The molecule has 5 rings (SSSR count). The molecule has 20 heavy (non-hydrogen) atoms. The van der Waals surface area contributed by atoms with Crippen LogP contribution in [-0.4, -0.2) is 7.11 Å². The third-order valence-corrected chi connectivity index (χ3v) is 7.53. The summed E-state index contributed by atoms with van der Waals surface area (Å²) in [6, 6.07) is 8.70. The molecule has 4 saturated carbocycles. The minimum absolute atomic E-state index is 0.523. The van der Waals surface area contributed by atoms with Gasteiger partial charge < -0.3 is 4.74 Å². The number of rotatable bonds is 3. The van der Waals surface area contributed by atoms with Gasteiger partial charge in [0.1, 0.15) is 5.75 Å². The first-order valence-electron chi connectivity index (χ1n) is 7.96. The van der Waals surface area contributed by atoms with E-state index < -0.39 is 0 Å². The van der Waals surface area contributed by atoms with Gasteiger partial charge in [-0.3, -0.25) is 0 Å². The molecule has 0 N–H and O–H groups in total. The van der Waals surface area contributed by atoms with Gasteiger partial charge in [0.15, 0.2) is 0 Å². The van der Waals surface area contributed by atoms with Gasteiger partial charge in [-0.25, -0.2) is 0 Å². The van der Waals surface area contributed by atoms with Crippen LogP contribution in [0.5, 0.6) is 5.75 Å². The van der Waals surface area contributed by atoms with Crippen LogP contribution in [0.2, 0.25) is 0 Å². The molecule has 0 aromatic heterocycles. The van der Waals surface area contributed by atoms with Gasteiger partial charge >= 0.3 is 0 Å². The molecule has 1 unspecified atom stereocenters. The molecule has 1 aromatic carbocycles. The Hall–Kier alpha value is -0.500. The average Bonchev–Trinajstić information content (AvgIpc) is 2.45. The second-order valence-corrected chi connectivity index (χ2v) is 8.33. The molecular weight excluding hydrogens is 312 g/mol. The second-order valence-electron chi connectivity index (χ2n) is 7.42. The van der Waals surface area contributed by atoms with Gasteiger partial charge in [-0.05, 0) is 79.4 Å². The molecule has 1 atom stereocenters. The monoisotopic (exact) mass is 334 g/mol. The maximum Gasteiger partial charge on any atom is 0.118 e. The number of hydrogen-bond donors (Lipinski definition) is 0. The molecule has 4 aliphatic carbocycles. The van der Waals surface area contributed by atoms with E-state index in [1.165, 1.54) is 44.1 Å². The van der Waals surface area contributed by atoms with E-state index in [0.29, 0.717) is 10.2 Å². The Bertz CT molecular complexity index is 457. The van der Waals surface area contributed by atoms with Crippen molar-refractivity contribution in [3.8, 4) is 5.75 Å². The molecule has 4 bridgehead atoms. The molecule has 0 radical (unpaired) electrons. The van der Waals surface area contributed by atoms with Crippen molar-refractivity contribution in [2.24, 2.45) is 23.2 Å². The van der Waals surface area contributed by atoms with Crippen LogP contribution in [-0.2, 0) is 0 Å². The first-order valence-corrected chi connectivity index (χ1v) is 8.88. The average molecular weight is 335 g/mol. The third-order valence-electron chi connectivity index (χ3n) is 6.03. The Morgan fingerprint density at radius 1 is 1.00 bits per heavy atom. The van der Waals surface area contributed by atoms with E-state index in [1.54, 1.807) is 7.11 Å². The number of benzene rings is 1. The SMILES string of the molecule is COc1ccc(C(Br)C23CC4CC(CC(C4)C2)C3)cc1. The van der Waals surface area contributed by atoms with Crippen LogP contribution in [0.15, 0.2) is 24.3 Å². The zero-order valence-electron chi connectivity index (χ0n) is 12.1. The fourth-order valence-electron chi connectivity index (χ4n) is 5.61. The highest BCUT2D eigenvalue weighted by Crippen LogP contribution is 2.65. The van der Waals surface area contributed by atoms with E-state index in [-0.39, 0.29) is 0 Å². The summed E-state index contributed by atoms with van der Waals surface area (Å²) in [7, 11) is 1.74. The van der Waals surface area contributed by atoms with Crippen LogP contribution in [0.4, 0.5) is 0 Å². The first kappa shape index (κ1) is 13.2. The van der Waals surface area contributed by atoms with Crippen LogP contribution >= 0.6 is 15.9 Å². The van der Waals surface area contributed by atoms with Gasteiger partial charge in [-0.2, -0.15) is 0 Å². The summed E-state index contributed by atoms with van der Waals surface area (Å²) in [5.41, 5.74) is 1.97. The van der Waals surface area contributed by atoms with Crippen LogP contribution in [0.25, 0.3) is 0 Å². The van der Waals surface area contributed by atoms with Crippen LogP contribution in [0.3, 0.4) is 0 Å². The van der Waals surface area contributed by atoms with Gasteiger partial charge in [0.25, 0.3) is 0 Å². The molecule has 1 nitrogen and oxygen atoms in total. The van der Waals surface area contributed by atoms with Crippen molar-refractivity contribution in [3.63, 3.8) is 0 Å². The summed E-state index contributed by atoms with van der Waals surface area (Å²) in [6.45, 7) is 0. The van der Waals surface area contributed by atoms with Gasteiger partial charge in [-0.15, -0.1) is 0 Å². The minimum atomic E-state index is 0.523. The molecule has 4 aliphatic rings. The van der Waals surface area contributed by atoms with Crippen molar-refractivity contribution in [2.75, 3.05) is 7.11 Å². The van der Waals surface area contributed by atoms with Gasteiger partial charge in [0.2, 0.25) is 0 Å². The molecule has 0 amide bonds. The number of hydrogen-bond acceptors (Lipinski definition) is 1. The summed E-state index contributed by atoms with van der Waals surface area (Å²) >= 11 is 4.08. The molecule has 0 saturated heterocycles. The molecule has 2 heteroatoms. The lowest BCUT2D eigenvalue weighted by atomic mass is 9.48. The van der Waals surface area contributed by atoms with Crippen LogP contribution < -0.4 is 4.74 Å². The summed E-state index contributed by atoms with van der Waals surface area (Å²) in [4.78, 5) is 0.523. The smallest absolute Gasteiger partial charge is 0.118 e. The highest BCUT2D eigenvalue weighted by atomic mass is 79.9. The molecule has 0 heterocycles. The standard InChI is InChI=1S/C18H23BrO/c1-20-16-4-2-15(3-5-16)17(19)18-9-12-6-13(10-18)8-14(7-12)11-18/h2-5,12-14,17H,6-11H2,1H3. The zero-order chi connectivity index (χ0) is 13.7. The second kappa shape index (κ2) is 4.76. The Kier molecular flexibility index (Phi) is 3.14. The maximum absolute atomic E-state index is 5.28. The predicted molar refractivity (Wildman–Crippen MR) is 85.3 cm³/mol. The Labute approximate surface area is 130 Å². The highest BCUT2D eigenvalue weighted by Gasteiger charge is 2.53. The van der Waals surface area contributed by atoms with Gasteiger partial charge in [0.05, 0.1) is 7.11 Å². The lowest BCUT2D eigenvalue weighted by molar-refractivity contribution is -0.0528.